The monoisotopic (exact) mass is 320 g/mol. The molecule has 1 aromatic heterocycles. The van der Waals surface area contributed by atoms with Gasteiger partial charge in [0.1, 0.15) is 0 Å². The lowest BCUT2D eigenvalue weighted by Gasteiger charge is -2.12. The largest absolute Gasteiger partial charge is 0.360 e. The first-order valence-corrected chi connectivity index (χ1v) is 7.99. The van der Waals surface area contributed by atoms with Gasteiger partial charge in [-0.3, -0.25) is 9.59 Å². The van der Waals surface area contributed by atoms with Gasteiger partial charge >= 0.3 is 0 Å². The van der Waals surface area contributed by atoms with Crippen molar-refractivity contribution < 1.29 is 9.59 Å². The van der Waals surface area contributed by atoms with Gasteiger partial charge in [-0.05, 0) is 42.2 Å². The normalized spacial score (nSPS) is 11.0. The van der Waals surface area contributed by atoms with Gasteiger partial charge in [-0.15, -0.1) is 0 Å². The van der Waals surface area contributed by atoms with E-state index in [1.807, 2.05) is 49.4 Å². The van der Waals surface area contributed by atoms with Crippen LogP contribution in [0.5, 0.6) is 0 Å². The highest BCUT2D eigenvalue weighted by atomic mass is 16.2. The summed E-state index contributed by atoms with van der Waals surface area (Å²) >= 11 is 0. The summed E-state index contributed by atoms with van der Waals surface area (Å²) in [4.78, 5) is 27.8. The van der Waals surface area contributed by atoms with Crippen LogP contribution in [0.4, 0.5) is 5.69 Å². The van der Waals surface area contributed by atoms with Crippen molar-refractivity contribution in [2.75, 3.05) is 5.32 Å². The Hall–Kier alpha value is -2.88. The molecule has 1 heterocycles. The zero-order valence-corrected chi connectivity index (χ0v) is 14.0. The molecule has 0 aliphatic heterocycles. The van der Waals surface area contributed by atoms with Crippen LogP contribution in [0.2, 0.25) is 0 Å². The molecule has 24 heavy (non-hydrogen) atoms. The van der Waals surface area contributed by atoms with Crippen molar-refractivity contribution in [3.63, 3.8) is 0 Å². The van der Waals surface area contributed by atoms with Gasteiger partial charge in [-0.1, -0.05) is 38.1 Å². The molecule has 2 N–H and O–H groups in total. The number of rotatable bonds is 4. The Morgan fingerprint density at radius 2 is 1.83 bits per heavy atom. The molecule has 0 aliphatic rings. The van der Waals surface area contributed by atoms with Crippen molar-refractivity contribution in [1.82, 2.24) is 4.98 Å². The van der Waals surface area contributed by atoms with Crippen molar-refractivity contribution in [2.24, 2.45) is 0 Å². The number of carbonyl (C=O) groups is 2. The topological polar surface area (TPSA) is 62.0 Å². The number of ketones is 1. The van der Waals surface area contributed by atoms with Gasteiger partial charge in [-0.25, -0.2) is 0 Å². The van der Waals surface area contributed by atoms with E-state index in [4.69, 9.17) is 0 Å². The number of hydrogen-bond acceptors (Lipinski definition) is 2. The average molecular weight is 320 g/mol. The van der Waals surface area contributed by atoms with Crippen LogP contribution in [-0.4, -0.2) is 16.7 Å². The summed E-state index contributed by atoms with van der Waals surface area (Å²) < 4.78 is 0. The van der Waals surface area contributed by atoms with Gasteiger partial charge in [0.2, 0.25) is 0 Å². The number of amides is 1. The van der Waals surface area contributed by atoms with Gasteiger partial charge in [-0.2, -0.15) is 0 Å². The van der Waals surface area contributed by atoms with Crippen molar-refractivity contribution in [3.05, 3.63) is 65.4 Å². The maximum absolute atomic E-state index is 12.5. The lowest BCUT2D eigenvalue weighted by molar-refractivity contribution is -0.112. The number of aryl methyl sites for hydroxylation is 1. The van der Waals surface area contributed by atoms with E-state index in [0.29, 0.717) is 17.2 Å². The summed E-state index contributed by atoms with van der Waals surface area (Å²) in [6, 6.07) is 13.2. The molecule has 0 bridgehead atoms. The Labute approximate surface area is 140 Å². The van der Waals surface area contributed by atoms with Gasteiger partial charge < -0.3 is 10.3 Å². The smallest absolute Gasteiger partial charge is 0.296 e. The molecule has 0 unspecified atom stereocenters. The fraction of sp³-hybridized carbons (Fsp3) is 0.200. The van der Waals surface area contributed by atoms with E-state index in [0.717, 1.165) is 16.5 Å². The molecule has 0 saturated heterocycles. The van der Waals surface area contributed by atoms with Gasteiger partial charge in [0.25, 0.3) is 11.7 Å². The van der Waals surface area contributed by atoms with Crippen molar-refractivity contribution in [2.45, 2.75) is 26.7 Å². The number of nitrogens with one attached hydrogen (secondary N) is 2. The number of carbonyl (C=O) groups excluding carboxylic acids is 2. The molecule has 3 aromatic rings. The van der Waals surface area contributed by atoms with Gasteiger partial charge in [0.15, 0.2) is 0 Å². The van der Waals surface area contributed by atoms with Crippen LogP contribution in [0.1, 0.15) is 41.3 Å². The highest BCUT2D eigenvalue weighted by Gasteiger charge is 2.20. The molecule has 1 amide bonds. The third kappa shape index (κ3) is 2.95. The van der Waals surface area contributed by atoms with E-state index >= 15 is 0 Å². The van der Waals surface area contributed by atoms with E-state index < -0.39 is 11.7 Å². The predicted octanol–water partition coefficient (Wildman–Crippen LogP) is 4.42. The zero-order chi connectivity index (χ0) is 17.3. The predicted molar refractivity (Wildman–Crippen MR) is 96.5 cm³/mol. The first kappa shape index (κ1) is 16.0. The van der Waals surface area contributed by atoms with Crippen molar-refractivity contribution in [3.8, 4) is 0 Å². The molecule has 0 aliphatic carbocycles. The summed E-state index contributed by atoms with van der Waals surface area (Å²) in [5.41, 5.74) is 4.19. The molecule has 4 nitrogen and oxygen atoms in total. The maximum Gasteiger partial charge on any atom is 0.296 e. The van der Waals surface area contributed by atoms with Gasteiger partial charge in [0.05, 0.1) is 5.56 Å². The molecule has 2 aromatic carbocycles. The minimum atomic E-state index is -0.628. The summed E-state index contributed by atoms with van der Waals surface area (Å²) in [6.45, 7) is 6.26. The van der Waals surface area contributed by atoms with Crippen molar-refractivity contribution >= 4 is 28.3 Å². The highest BCUT2D eigenvalue weighted by molar-refractivity contribution is 6.48. The number of anilines is 1. The van der Waals surface area contributed by atoms with E-state index in [9.17, 15) is 9.59 Å². The second-order valence-electron chi connectivity index (χ2n) is 6.26. The molecule has 0 fully saturated rings. The summed E-state index contributed by atoms with van der Waals surface area (Å²) in [6.07, 6.45) is 1.58. The molecule has 0 saturated carbocycles. The van der Waals surface area contributed by atoms with E-state index in [1.165, 1.54) is 5.56 Å². The number of para-hydroxylation sites is 1. The molecule has 3 rings (SSSR count). The fourth-order valence-corrected chi connectivity index (χ4v) is 2.97. The Morgan fingerprint density at radius 1 is 1.08 bits per heavy atom. The quantitative estimate of drug-likeness (QED) is 0.552. The molecule has 0 atom stereocenters. The Morgan fingerprint density at radius 3 is 2.54 bits per heavy atom. The minimum Gasteiger partial charge on any atom is -0.360 e. The van der Waals surface area contributed by atoms with E-state index in [-0.39, 0.29) is 0 Å². The van der Waals surface area contributed by atoms with E-state index in [2.05, 4.69) is 24.1 Å². The number of aromatic amines is 1. The third-order valence-corrected chi connectivity index (χ3v) is 4.19. The number of benzene rings is 2. The lowest BCUT2D eigenvalue weighted by atomic mass is 9.97. The second kappa shape index (κ2) is 6.32. The first-order valence-electron chi connectivity index (χ1n) is 7.99. The maximum atomic E-state index is 12.5. The van der Waals surface area contributed by atoms with Crippen LogP contribution >= 0.6 is 0 Å². The number of fused-ring (bicyclic) bond motifs is 1. The van der Waals surface area contributed by atoms with Crippen LogP contribution < -0.4 is 5.32 Å². The summed E-state index contributed by atoms with van der Waals surface area (Å²) in [5.74, 6) is -0.753. The first-order chi connectivity index (χ1) is 11.5. The molecular weight excluding hydrogens is 300 g/mol. The molecular formula is C20H20N2O2. The standard InChI is InChI=1S/C20H20N2O2/c1-12(2)15-9-8-14(10-13(15)3)22-20(24)19(23)17-11-21-18-7-5-4-6-16(17)18/h4-12,21H,1-3H3,(H,22,24). The minimum absolute atomic E-state index is 0.388. The molecule has 122 valence electrons. The Kier molecular flexibility index (Phi) is 4.21. The van der Waals surface area contributed by atoms with Crippen LogP contribution in [0.3, 0.4) is 0 Å². The van der Waals surface area contributed by atoms with E-state index in [1.54, 1.807) is 6.20 Å². The molecule has 0 spiro atoms. The molecule has 0 radical (unpaired) electrons. The average Bonchev–Trinajstić information content (AvgIpc) is 2.97. The summed E-state index contributed by atoms with van der Waals surface area (Å²) in [7, 11) is 0. The summed E-state index contributed by atoms with van der Waals surface area (Å²) in [5, 5.41) is 3.45. The van der Waals surface area contributed by atoms with Crippen LogP contribution in [-0.2, 0) is 4.79 Å². The van der Waals surface area contributed by atoms with Crippen LogP contribution in [0.15, 0.2) is 48.7 Å². The fourth-order valence-electron chi connectivity index (χ4n) is 2.97. The zero-order valence-electron chi connectivity index (χ0n) is 14.0. The number of aromatic nitrogens is 1. The third-order valence-electron chi connectivity index (χ3n) is 4.19. The highest BCUT2D eigenvalue weighted by Crippen LogP contribution is 2.23. The number of Topliss-reactive ketones (excluding diaryl/α,β-unsaturated/α-hetero) is 1. The van der Waals surface area contributed by atoms with Gasteiger partial charge in [0, 0.05) is 22.8 Å². The SMILES string of the molecule is Cc1cc(NC(=O)C(=O)c2c[nH]c3ccccc23)ccc1C(C)C. The van der Waals surface area contributed by atoms with Crippen LogP contribution in [0.25, 0.3) is 10.9 Å². The number of H-pyrrole nitrogens is 1. The lowest BCUT2D eigenvalue weighted by Crippen LogP contribution is -2.22. The van der Waals surface area contributed by atoms with Crippen molar-refractivity contribution in [1.29, 1.82) is 0 Å². The Balaban J connectivity index is 1.82. The Bertz CT molecular complexity index is 922. The van der Waals surface area contributed by atoms with Crippen LogP contribution in [0, 0.1) is 6.92 Å². The second-order valence-corrected chi connectivity index (χ2v) is 6.26. The molecule has 4 heteroatoms. The number of hydrogen-bond donors (Lipinski definition) is 2.